The fraction of sp³-hybridized carbons (Fsp3) is 0.188. The summed E-state index contributed by atoms with van der Waals surface area (Å²) in [6.45, 7) is 0. The average molecular weight is 357 g/mol. The normalized spacial score (nSPS) is 19.1. The zero-order valence-corrected chi connectivity index (χ0v) is 12.1. The van der Waals surface area contributed by atoms with E-state index in [1.54, 1.807) is 6.07 Å². The molecule has 0 aromatic heterocycles. The van der Waals surface area contributed by atoms with Crippen molar-refractivity contribution in [3.8, 4) is 17.6 Å². The van der Waals surface area contributed by atoms with Crippen LogP contribution < -0.4 is 4.74 Å². The summed E-state index contributed by atoms with van der Waals surface area (Å²) in [6, 6.07) is 6.65. The molecule has 0 unspecified atom stereocenters. The van der Waals surface area contributed by atoms with Crippen LogP contribution in [0.5, 0.6) is 11.5 Å². The van der Waals surface area contributed by atoms with Crippen LogP contribution in [-0.2, 0) is 11.7 Å². The molecule has 1 aliphatic rings. The van der Waals surface area contributed by atoms with Crippen molar-refractivity contribution in [2.45, 2.75) is 17.6 Å². The zero-order chi connectivity index (χ0) is 18.6. The summed E-state index contributed by atoms with van der Waals surface area (Å²) in [5, 5.41) is 27.7. The first kappa shape index (κ1) is 17.1. The van der Waals surface area contributed by atoms with Gasteiger partial charge in [0.15, 0.2) is 0 Å². The van der Waals surface area contributed by atoms with Crippen LogP contribution in [0.4, 0.5) is 22.0 Å². The zero-order valence-electron chi connectivity index (χ0n) is 12.1. The number of rotatable bonds is 2. The lowest BCUT2D eigenvalue weighted by atomic mass is 10.1. The summed E-state index contributed by atoms with van der Waals surface area (Å²) in [5.74, 6) is -15.4. The highest BCUT2D eigenvalue weighted by atomic mass is 19.3. The summed E-state index contributed by atoms with van der Waals surface area (Å²) in [4.78, 5) is 0. The van der Waals surface area contributed by atoms with E-state index in [9.17, 15) is 32.2 Å². The van der Waals surface area contributed by atoms with Gasteiger partial charge in [0.05, 0.1) is 11.6 Å². The molecule has 0 fully saturated rings. The first-order chi connectivity index (χ1) is 11.5. The number of nitriles is 1. The fourth-order valence-corrected chi connectivity index (χ4v) is 2.53. The molecule has 0 aliphatic heterocycles. The van der Waals surface area contributed by atoms with Crippen molar-refractivity contribution in [2.24, 2.45) is 0 Å². The Morgan fingerprint density at radius 1 is 0.920 bits per heavy atom. The maximum absolute atomic E-state index is 13.7. The van der Waals surface area contributed by atoms with Crippen molar-refractivity contribution in [1.82, 2.24) is 0 Å². The van der Waals surface area contributed by atoms with Gasteiger partial charge < -0.3 is 14.9 Å². The highest BCUT2D eigenvalue weighted by Crippen LogP contribution is 2.59. The van der Waals surface area contributed by atoms with Gasteiger partial charge in [-0.25, -0.2) is 4.39 Å². The van der Waals surface area contributed by atoms with Crippen LogP contribution in [-0.4, -0.2) is 16.1 Å². The molecule has 25 heavy (non-hydrogen) atoms. The Kier molecular flexibility index (Phi) is 3.53. The quantitative estimate of drug-likeness (QED) is 0.639. The number of ether oxygens (including phenoxy) is 1. The average Bonchev–Trinajstić information content (AvgIpc) is 2.62. The lowest BCUT2D eigenvalue weighted by molar-refractivity contribution is -0.357. The highest BCUT2D eigenvalue weighted by molar-refractivity contribution is 5.49. The Bertz CT molecular complexity index is 905. The van der Waals surface area contributed by atoms with E-state index < -0.39 is 34.6 Å². The smallest absolute Gasteiger partial charge is 0.371 e. The van der Waals surface area contributed by atoms with Crippen molar-refractivity contribution in [3.05, 3.63) is 58.9 Å². The van der Waals surface area contributed by atoms with Gasteiger partial charge in [-0.3, -0.25) is 0 Å². The molecule has 0 spiro atoms. The van der Waals surface area contributed by atoms with Crippen molar-refractivity contribution in [1.29, 1.82) is 5.26 Å². The molecule has 2 N–H and O–H groups in total. The van der Waals surface area contributed by atoms with Gasteiger partial charge in [-0.1, -0.05) is 0 Å². The number of hydrogen-bond acceptors (Lipinski definition) is 4. The van der Waals surface area contributed by atoms with E-state index in [0.717, 1.165) is 24.3 Å². The van der Waals surface area contributed by atoms with Crippen LogP contribution in [0, 0.1) is 17.1 Å². The van der Waals surface area contributed by atoms with Gasteiger partial charge in [0.2, 0.25) is 0 Å². The summed E-state index contributed by atoms with van der Waals surface area (Å²) >= 11 is 0. The summed E-state index contributed by atoms with van der Waals surface area (Å²) in [5.41, 5.74) is -2.48. The molecule has 3 rings (SSSR count). The van der Waals surface area contributed by atoms with E-state index >= 15 is 0 Å². The van der Waals surface area contributed by atoms with Gasteiger partial charge in [-0.15, -0.1) is 0 Å². The predicted octanol–water partition coefficient (Wildman–Crippen LogP) is 3.37. The van der Waals surface area contributed by atoms with Gasteiger partial charge in [-0.2, -0.15) is 22.8 Å². The Morgan fingerprint density at radius 2 is 1.60 bits per heavy atom. The molecule has 0 atom stereocenters. The molecular formula is C16H8F5NO3. The van der Waals surface area contributed by atoms with E-state index in [1.165, 1.54) is 0 Å². The van der Waals surface area contributed by atoms with Crippen molar-refractivity contribution >= 4 is 0 Å². The number of fused-ring (bicyclic) bond motifs is 1. The molecule has 1 aliphatic carbocycles. The van der Waals surface area contributed by atoms with Crippen LogP contribution in [0.3, 0.4) is 0 Å². The SMILES string of the molecule is N#Cc1cc(F)cc(Oc2ccc3c(c2)C(O)(O)C(F)(F)C3(F)F)c1. The molecule has 9 heteroatoms. The van der Waals surface area contributed by atoms with Crippen LogP contribution in [0.25, 0.3) is 0 Å². The molecule has 0 radical (unpaired) electrons. The Balaban J connectivity index is 2.04. The van der Waals surface area contributed by atoms with Crippen molar-refractivity contribution < 1.29 is 36.9 Å². The number of nitrogens with zero attached hydrogens (tertiary/aromatic N) is 1. The number of alkyl halides is 4. The third-order valence-electron chi connectivity index (χ3n) is 3.77. The topological polar surface area (TPSA) is 73.5 Å². The predicted molar refractivity (Wildman–Crippen MR) is 72.6 cm³/mol. The minimum Gasteiger partial charge on any atom is -0.457 e. The Labute approximate surface area is 137 Å². The van der Waals surface area contributed by atoms with E-state index in [-0.39, 0.29) is 17.1 Å². The molecule has 0 bridgehead atoms. The van der Waals surface area contributed by atoms with Crippen LogP contribution >= 0.6 is 0 Å². The second-order valence-electron chi connectivity index (χ2n) is 5.42. The van der Waals surface area contributed by atoms with Crippen LogP contribution in [0.2, 0.25) is 0 Å². The fourth-order valence-electron chi connectivity index (χ4n) is 2.53. The van der Waals surface area contributed by atoms with Crippen molar-refractivity contribution in [2.75, 3.05) is 0 Å². The molecule has 0 heterocycles. The third kappa shape index (κ3) is 2.33. The third-order valence-corrected chi connectivity index (χ3v) is 3.77. The van der Waals surface area contributed by atoms with Crippen LogP contribution in [0.1, 0.15) is 16.7 Å². The van der Waals surface area contributed by atoms with E-state index in [1.807, 2.05) is 0 Å². The summed E-state index contributed by atoms with van der Waals surface area (Å²) in [7, 11) is 0. The number of halogens is 5. The molecule has 0 saturated heterocycles. The van der Waals surface area contributed by atoms with Gasteiger partial charge in [0.1, 0.15) is 17.3 Å². The maximum atomic E-state index is 13.7. The largest absolute Gasteiger partial charge is 0.457 e. The maximum Gasteiger partial charge on any atom is 0.371 e. The molecule has 2 aromatic carbocycles. The molecule has 0 saturated carbocycles. The van der Waals surface area contributed by atoms with Gasteiger partial charge >= 0.3 is 11.8 Å². The molecule has 130 valence electrons. The van der Waals surface area contributed by atoms with E-state index in [0.29, 0.717) is 12.1 Å². The van der Waals surface area contributed by atoms with Gasteiger partial charge in [0.25, 0.3) is 5.79 Å². The number of benzene rings is 2. The second kappa shape index (κ2) is 5.15. The highest BCUT2D eigenvalue weighted by Gasteiger charge is 2.76. The molecule has 2 aromatic rings. The Hall–Kier alpha value is -2.70. The lowest BCUT2D eigenvalue weighted by Crippen LogP contribution is -2.48. The number of hydrogen-bond donors (Lipinski definition) is 2. The second-order valence-corrected chi connectivity index (χ2v) is 5.42. The van der Waals surface area contributed by atoms with E-state index in [4.69, 9.17) is 10.00 Å². The first-order valence-electron chi connectivity index (χ1n) is 6.74. The first-order valence-corrected chi connectivity index (χ1v) is 6.74. The Morgan fingerprint density at radius 3 is 2.24 bits per heavy atom. The molecular weight excluding hydrogens is 349 g/mol. The van der Waals surface area contributed by atoms with Crippen LogP contribution in [0.15, 0.2) is 36.4 Å². The summed E-state index contributed by atoms with van der Waals surface area (Å²) in [6.07, 6.45) is 0. The van der Waals surface area contributed by atoms with Crippen molar-refractivity contribution in [3.63, 3.8) is 0 Å². The van der Waals surface area contributed by atoms with Gasteiger partial charge in [-0.05, 0) is 30.3 Å². The minimum absolute atomic E-state index is 0.0899. The molecule has 4 nitrogen and oxygen atoms in total. The van der Waals surface area contributed by atoms with E-state index in [2.05, 4.69) is 0 Å². The van der Waals surface area contributed by atoms with Gasteiger partial charge in [0, 0.05) is 17.2 Å². The monoisotopic (exact) mass is 357 g/mol. The number of aliphatic hydroxyl groups is 2. The summed E-state index contributed by atoms with van der Waals surface area (Å²) < 4.78 is 73.2. The standard InChI is InChI=1S/C16H8F5NO3/c17-9-3-8(7-22)4-11(5-9)25-10-1-2-12-13(6-10)15(23,24)16(20,21)14(12,18)19/h1-6,23-24H. The lowest BCUT2D eigenvalue weighted by Gasteiger charge is -2.27. The minimum atomic E-state index is -5.15. The molecule has 0 amide bonds.